The molecule has 0 aliphatic carbocycles. The van der Waals surface area contributed by atoms with Crippen LogP contribution in [0.4, 0.5) is 5.69 Å². The van der Waals surface area contributed by atoms with Crippen molar-refractivity contribution >= 4 is 11.6 Å². The fourth-order valence-electron chi connectivity index (χ4n) is 1.67. The number of rotatable bonds is 5. The Kier molecular flexibility index (Phi) is 4.02. The van der Waals surface area contributed by atoms with Crippen LogP contribution in [0.1, 0.15) is 5.69 Å². The van der Waals surface area contributed by atoms with Crippen LogP contribution in [0.25, 0.3) is 0 Å². The first-order chi connectivity index (χ1) is 9.22. The third-order valence-corrected chi connectivity index (χ3v) is 2.57. The van der Waals surface area contributed by atoms with E-state index in [4.69, 9.17) is 9.47 Å². The number of nitrogens with one attached hydrogen (secondary N) is 2. The molecule has 1 amide bonds. The van der Waals surface area contributed by atoms with E-state index in [1.54, 1.807) is 44.9 Å². The first-order valence-electron chi connectivity index (χ1n) is 5.72. The quantitative estimate of drug-likeness (QED) is 0.857. The molecule has 6 nitrogen and oxygen atoms in total. The SMILES string of the molecule is COc1ccc(NC(=O)Cc2cnc[nH]2)cc1OC. The highest BCUT2D eigenvalue weighted by Gasteiger charge is 2.08. The van der Waals surface area contributed by atoms with Gasteiger partial charge in [-0.1, -0.05) is 0 Å². The molecule has 0 aliphatic heterocycles. The second-order valence-corrected chi connectivity index (χ2v) is 3.87. The first-order valence-corrected chi connectivity index (χ1v) is 5.72. The zero-order valence-electron chi connectivity index (χ0n) is 10.8. The van der Waals surface area contributed by atoms with Crippen molar-refractivity contribution < 1.29 is 14.3 Å². The standard InChI is InChI=1S/C13H15N3O3/c1-18-11-4-3-9(5-12(11)19-2)16-13(17)6-10-7-14-8-15-10/h3-5,7-8H,6H2,1-2H3,(H,14,15)(H,16,17). The summed E-state index contributed by atoms with van der Waals surface area (Å²) in [5.74, 6) is 1.06. The van der Waals surface area contributed by atoms with Gasteiger partial charge in [0.25, 0.3) is 0 Å². The van der Waals surface area contributed by atoms with E-state index in [2.05, 4.69) is 15.3 Å². The number of nitrogens with zero attached hydrogens (tertiary/aromatic N) is 1. The molecule has 6 heteroatoms. The lowest BCUT2D eigenvalue weighted by atomic mass is 10.2. The largest absolute Gasteiger partial charge is 0.493 e. The molecular weight excluding hydrogens is 246 g/mol. The number of aromatic nitrogens is 2. The summed E-state index contributed by atoms with van der Waals surface area (Å²) in [5, 5.41) is 2.78. The molecule has 1 aromatic heterocycles. The summed E-state index contributed by atoms with van der Waals surface area (Å²) in [5.41, 5.74) is 1.42. The van der Waals surface area contributed by atoms with Gasteiger partial charge in [-0.25, -0.2) is 4.98 Å². The van der Waals surface area contributed by atoms with Gasteiger partial charge >= 0.3 is 0 Å². The number of hydrogen-bond donors (Lipinski definition) is 2. The van der Waals surface area contributed by atoms with E-state index < -0.39 is 0 Å². The van der Waals surface area contributed by atoms with Crippen LogP contribution < -0.4 is 14.8 Å². The molecule has 1 heterocycles. The Morgan fingerprint density at radius 1 is 1.32 bits per heavy atom. The highest BCUT2D eigenvalue weighted by atomic mass is 16.5. The van der Waals surface area contributed by atoms with Crippen molar-refractivity contribution in [2.45, 2.75) is 6.42 Å². The van der Waals surface area contributed by atoms with E-state index >= 15 is 0 Å². The van der Waals surface area contributed by atoms with Crippen LogP contribution in [0.15, 0.2) is 30.7 Å². The topological polar surface area (TPSA) is 76.2 Å². The van der Waals surface area contributed by atoms with Crippen LogP contribution in [0.2, 0.25) is 0 Å². The predicted octanol–water partition coefficient (Wildman–Crippen LogP) is 1.61. The van der Waals surface area contributed by atoms with Crippen molar-refractivity contribution in [2.75, 3.05) is 19.5 Å². The van der Waals surface area contributed by atoms with E-state index in [9.17, 15) is 4.79 Å². The number of hydrogen-bond acceptors (Lipinski definition) is 4. The summed E-state index contributed by atoms with van der Waals surface area (Å²) in [6.45, 7) is 0. The first kappa shape index (κ1) is 12.9. The number of carbonyl (C=O) groups excluding carboxylic acids is 1. The fourth-order valence-corrected chi connectivity index (χ4v) is 1.67. The van der Waals surface area contributed by atoms with Crippen LogP contribution >= 0.6 is 0 Å². The van der Waals surface area contributed by atoms with E-state index in [-0.39, 0.29) is 12.3 Å². The van der Waals surface area contributed by atoms with E-state index in [1.807, 2.05) is 0 Å². The van der Waals surface area contributed by atoms with E-state index in [0.29, 0.717) is 17.2 Å². The molecule has 1 aromatic carbocycles. The minimum absolute atomic E-state index is 0.128. The van der Waals surface area contributed by atoms with Crippen LogP contribution in [-0.2, 0) is 11.2 Å². The fraction of sp³-hybridized carbons (Fsp3) is 0.231. The summed E-state index contributed by atoms with van der Waals surface area (Å²) < 4.78 is 10.3. The number of amides is 1. The predicted molar refractivity (Wildman–Crippen MR) is 70.5 cm³/mol. The van der Waals surface area contributed by atoms with Crippen molar-refractivity contribution in [3.05, 3.63) is 36.4 Å². The van der Waals surface area contributed by atoms with Crippen LogP contribution in [0.3, 0.4) is 0 Å². The monoisotopic (exact) mass is 261 g/mol. The molecule has 0 atom stereocenters. The van der Waals surface area contributed by atoms with E-state index in [1.165, 1.54) is 0 Å². The minimum Gasteiger partial charge on any atom is -0.493 e. The molecule has 0 saturated carbocycles. The van der Waals surface area contributed by atoms with E-state index in [0.717, 1.165) is 5.69 Å². The number of H-pyrrole nitrogens is 1. The van der Waals surface area contributed by atoms with Gasteiger partial charge in [0.05, 0.1) is 27.0 Å². The molecule has 0 radical (unpaired) electrons. The zero-order chi connectivity index (χ0) is 13.7. The Bertz CT molecular complexity index is 552. The smallest absolute Gasteiger partial charge is 0.230 e. The highest BCUT2D eigenvalue weighted by molar-refractivity contribution is 5.92. The van der Waals surface area contributed by atoms with Crippen molar-refractivity contribution in [1.82, 2.24) is 9.97 Å². The summed E-state index contributed by atoms with van der Waals surface area (Å²) >= 11 is 0. The number of methoxy groups -OCH3 is 2. The number of imidazole rings is 1. The maximum Gasteiger partial charge on any atom is 0.230 e. The van der Waals surface area contributed by atoms with Gasteiger partial charge in [0.1, 0.15) is 0 Å². The number of ether oxygens (including phenoxy) is 2. The third-order valence-electron chi connectivity index (χ3n) is 2.57. The second kappa shape index (κ2) is 5.90. The maximum atomic E-state index is 11.8. The van der Waals surface area contributed by atoms with Crippen molar-refractivity contribution in [1.29, 1.82) is 0 Å². The Balaban J connectivity index is 2.04. The van der Waals surface area contributed by atoms with Gasteiger partial charge in [0, 0.05) is 23.6 Å². The molecule has 100 valence electrons. The Hall–Kier alpha value is -2.50. The summed E-state index contributed by atoms with van der Waals surface area (Å²) in [6, 6.07) is 5.21. The van der Waals surface area contributed by atoms with Crippen molar-refractivity contribution in [2.24, 2.45) is 0 Å². The second-order valence-electron chi connectivity index (χ2n) is 3.87. The molecule has 2 N–H and O–H groups in total. The molecule has 19 heavy (non-hydrogen) atoms. The number of carbonyl (C=O) groups is 1. The van der Waals surface area contributed by atoms with Gasteiger partial charge in [-0.05, 0) is 12.1 Å². The highest BCUT2D eigenvalue weighted by Crippen LogP contribution is 2.29. The molecule has 0 spiro atoms. The van der Waals surface area contributed by atoms with Crippen molar-refractivity contribution in [3.63, 3.8) is 0 Å². The molecule has 0 bridgehead atoms. The molecule has 2 rings (SSSR count). The minimum atomic E-state index is -0.128. The van der Waals surface area contributed by atoms with Gasteiger partial charge in [-0.3, -0.25) is 4.79 Å². The maximum absolute atomic E-state index is 11.8. The van der Waals surface area contributed by atoms with Crippen LogP contribution in [0.5, 0.6) is 11.5 Å². The molecule has 0 fully saturated rings. The van der Waals surface area contributed by atoms with Crippen molar-refractivity contribution in [3.8, 4) is 11.5 Å². The lowest BCUT2D eigenvalue weighted by molar-refractivity contribution is -0.115. The lowest BCUT2D eigenvalue weighted by Crippen LogP contribution is -2.14. The van der Waals surface area contributed by atoms with Crippen LogP contribution in [0, 0.1) is 0 Å². The summed E-state index contributed by atoms with van der Waals surface area (Å²) in [7, 11) is 3.11. The van der Waals surface area contributed by atoms with Gasteiger partial charge in [-0.15, -0.1) is 0 Å². The zero-order valence-corrected chi connectivity index (χ0v) is 10.8. The molecule has 2 aromatic rings. The Morgan fingerprint density at radius 2 is 2.11 bits per heavy atom. The van der Waals surface area contributed by atoms with Gasteiger partial charge < -0.3 is 19.8 Å². The molecule has 0 saturated heterocycles. The Labute approximate surface area is 110 Å². The molecular formula is C13H15N3O3. The summed E-state index contributed by atoms with van der Waals surface area (Å²) in [6.07, 6.45) is 3.40. The van der Waals surface area contributed by atoms with Gasteiger partial charge in [0.15, 0.2) is 11.5 Å². The average Bonchev–Trinajstić information content (AvgIpc) is 2.91. The summed E-state index contributed by atoms with van der Waals surface area (Å²) in [4.78, 5) is 18.5. The van der Waals surface area contributed by atoms with Gasteiger partial charge in [0.2, 0.25) is 5.91 Å². The molecule has 0 unspecified atom stereocenters. The number of aromatic amines is 1. The lowest BCUT2D eigenvalue weighted by Gasteiger charge is -2.10. The normalized spacial score (nSPS) is 10.0. The van der Waals surface area contributed by atoms with Gasteiger partial charge in [-0.2, -0.15) is 0 Å². The number of anilines is 1. The molecule has 0 aliphatic rings. The van der Waals surface area contributed by atoms with Crippen LogP contribution in [-0.4, -0.2) is 30.1 Å². The average molecular weight is 261 g/mol. The Morgan fingerprint density at radius 3 is 2.74 bits per heavy atom. The number of benzene rings is 1. The third kappa shape index (κ3) is 3.25.